The molecule has 1 heterocycles. The quantitative estimate of drug-likeness (QED) is 0.756. The fourth-order valence-electron chi connectivity index (χ4n) is 0.750. The third-order valence-electron chi connectivity index (χ3n) is 1.35. The number of rotatable bonds is 3. The normalized spacial score (nSPS) is 10.3. The zero-order valence-electron chi connectivity index (χ0n) is 8.50. The second-order valence-electron chi connectivity index (χ2n) is 2.77. The maximum atomic E-state index is 9.79. The molecule has 0 aliphatic carbocycles. The van der Waals surface area contributed by atoms with Crippen LogP contribution in [0.5, 0.6) is 0 Å². The van der Waals surface area contributed by atoms with Crippen molar-refractivity contribution < 1.29 is 18.1 Å². The van der Waals surface area contributed by atoms with E-state index in [2.05, 4.69) is 4.98 Å². The third kappa shape index (κ3) is 9.33. The molecular weight excluding hydrogens is 218 g/mol. The average molecular weight is 233 g/mol. The van der Waals surface area contributed by atoms with E-state index in [4.69, 9.17) is 9.66 Å². The van der Waals surface area contributed by atoms with E-state index < -0.39 is 10.1 Å². The van der Waals surface area contributed by atoms with Crippen LogP contribution in [0, 0.1) is 0 Å². The number of aliphatic hydroxyl groups excluding tert-OH is 1. The Morgan fingerprint density at radius 3 is 2.27 bits per heavy atom. The molecule has 15 heavy (non-hydrogen) atoms. The van der Waals surface area contributed by atoms with Gasteiger partial charge < -0.3 is 5.11 Å². The maximum Gasteiger partial charge on any atom is 0.264 e. The van der Waals surface area contributed by atoms with Crippen LogP contribution in [-0.4, -0.2) is 28.8 Å². The van der Waals surface area contributed by atoms with Crippen molar-refractivity contribution in [2.45, 2.75) is 20.0 Å². The average Bonchev–Trinajstić information content (AvgIpc) is 2.18. The molecule has 0 radical (unpaired) electrons. The number of aromatic nitrogens is 1. The molecule has 0 unspecified atom stereocenters. The van der Waals surface area contributed by atoms with Crippen molar-refractivity contribution >= 4 is 10.1 Å². The molecule has 2 N–H and O–H groups in total. The Labute approximate surface area is 89.5 Å². The second kappa shape index (κ2) is 7.33. The van der Waals surface area contributed by atoms with Gasteiger partial charge in [0.05, 0.1) is 18.1 Å². The smallest absolute Gasteiger partial charge is 0.264 e. The van der Waals surface area contributed by atoms with Crippen molar-refractivity contribution in [1.82, 2.24) is 4.98 Å². The Bertz CT molecular complexity index is 350. The highest BCUT2D eigenvalue weighted by molar-refractivity contribution is 7.85. The van der Waals surface area contributed by atoms with Crippen molar-refractivity contribution in [3.63, 3.8) is 0 Å². The second-order valence-corrected chi connectivity index (χ2v) is 4.34. The van der Waals surface area contributed by atoms with Crippen LogP contribution >= 0.6 is 0 Å². The molecule has 0 spiro atoms. The molecule has 1 aromatic rings. The summed E-state index contributed by atoms with van der Waals surface area (Å²) in [5.41, 5.74) is 0.715. The first-order chi connectivity index (χ1) is 6.99. The van der Waals surface area contributed by atoms with Crippen LogP contribution in [0.25, 0.3) is 0 Å². The number of pyridine rings is 1. The van der Waals surface area contributed by atoms with E-state index in [1.807, 2.05) is 12.1 Å². The van der Waals surface area contributed by atoms with Crippen LogP contribution in [0.15, 0.2) is 24.4 Å². The Balaban J connectivity index is 0.000000265. The van der Waals surface area contributed by atoms with Gasteiger partial charge in [-0.05, 0) is 18.6 Å². The van der Waals surface area contributed by atoms with Gasteiger partial charge in [-0.15, -0.1) is 0 Å². The van der Waals surface area contributed by atoms with Crippen molar-refractivity contribution in [3.8, 4) is 0 Å². The molecule has 0 aliphatic rings. The van der Waals surface area contributed by atoms with E-state index in [0.29, 0.717) is 12.1 Å². The maximum absolute atomic E-state index is 9.79. The van der Waals surface area contributed by atoms with E-state index in [0.717, 1.165) is 0 Å². The van der Waals surface area contributed by atoms with Crippen LogP contribution in [0.4, 0.5) is 0 Å². The highest BCUT2D eigenvalue weighted by Gasteiger charge is 1.98. The molecule has 1 rings (SSSR count). The first-order valence-corrected chi connectivity index (χ1v) is 6.06. The van der Waals surface area contributed by atoms with E-state index in [9.17, 15) is 8.42 Å². The van der Waals surface area contributed by atoms with Gasteiger partial charge in [-0.2, -0.15) is 8.42 Å². The Morgan fingerprint density at radius 1 is 1.40 bits per heavy atom. The molecule has 0 bridgehead atoms. The number of hydrogen-bond donors (Lipinski definition) is 2. The summed E-state index contributed by atoms with van der Waals surface area (Å²) in [7, 11) is -3.67. The SMILES string of the molecule is CCCS(=O)(=O)O.OCc1ccccn1. The van der Waals surface area contributed by atoms with Gasteiger partial charge in [0.15, 0.2) is 0 Å². The summed E-state index contributed by atoms with van der Waals surface area (Å²) in [5.74, 6) is -0.132. The molecule has 86 valence electrons. The molecular formula is C9H15NO4S. The summed E-state index contributed by atoms with van der Waals surface area (Å²) in [5, 5.41) is 8.48. The zero-order chi connectivity index (χ0) is 11.7. The lowest BCUT2D eigenvalue weighted by molar-refractivity contribution is 0.277. The molecule has 1 aromatic heterocycles. The van der Waals surface area contributed by atoms with Crippen LogP contribution in [0.3, 0.4) is 0 Å². The summed E-state index contributed by atoms with van der Waals surface area (Å²) in [6, 6.07) is 5.44. The van der Waals surface area contributed by atoms with Crippen LogP contribution in [0.2, 0.25) is 0 Å². The standard InChI is InChI=1S/C6H7NO.C3H8O3S/c8-5-6-3-1-2-4-7-6;1-2-3-7(4,5)6/h1-4,8H,5H2;2-3H2,1H3,(H,4,5,6). The fourth-order valence-corrected chi connectivity index (χ4v) is 1.27. The summed E-state index contributed by atoms with van der Waals surface area (Å²) in [6.45, 7) is 1.72. The van der Waals surface area contributed by atoms with Gasteiger partial charge in [-0.25, -0.2) is 0 Å². The van der Waals surface area contributed by atoms with E-state index in [-0.39, 0.29) is 12.4 Å². The molecule has 0 amide bonds. The lowest BCUT2D eigenvalue weighted by Crippen LogP contribution is -2.01. The topological polar surface area (TPSA) is 87.5 Å². The molecule has 0 saturated heterocycles. The van der Waals surface area contributed by atoms with Crippen molar-refractivity contribution in [2.75, 3.05) is 5.75 Å². The van der Waals surface area contributed by atoms with Gasteiger partial charge in [0.1, 0.15) is 0 Å². The zero-order valence-corrected chi connectivity index (χ0v) is 9.31. The first kappa shape index (κ1) is 14.0. The molecule has 0 fully saturated rings. The number of nitrogens with zero attached hydrogens (tertiary/aromatic N) is 1. The summed E-state index contributed by atoms with van der Waals surface area (Å²) in [4.78, 5) is 3.85. The van der Waals surface area contributed by atoms with Gasteiger partial charge in [0, 0.05) is 6.20 Å². The highest BCUT2D eigenvalue weighted by Crippen LogP contribution is 1.89. The predicted octanol–water partition coefficient (Wildman–Crippen LogP) is 0.858. The summed E-state index contributed by atoms with van der Waals surface area (Å²) < 4.78 is 27.6. The Morgan fingerprint density at radius 2 is 2.07 bits per heavy atom. The van der Waals surface area contributed by atoms with Crippen molar-refractivity contribution in [3.05, 3.63) is 30.1 Å². The van der Waals surface area contributed by atoms with Gasteiger partial charge in [0.25, 0.3) is 10.1 Å². The molecule has 0 aliphatic heterocycles. The summed E-state index contributed by atoms with van der Waals surface area (Å²) >= 11 is 0. The monoisotopic (exact) mass is 233 g/mol. The minimum atomic E-state index is -3.67. The van der Waals surface area contributed by atoms with Gasteiger partial charge in [-0.3, -0.25) is 9.54 Å². The molecule has 0 saturated carbocycles. The molecule has 0 atom stereocenters. The van der Waals surface area contributed by atoms with Gasteiger partial charge in [0.2, 0.25) is 0 Å². The van der Waals surface area contributed by atoms with Crippen LogP contribution in [-0.2, 0) is 16.7 Å². The minimum Gasteiger partial charge on any atom is -0.390 e. The number of aliphatic hydroxyl groups is 1. The van der Waals surface area contributed by atoms with E-state index in [1.54, 1.807) is 19.2 Å². The summed E-state index contributed by atoms with van der Waals surface area (Å²) in [6.07, 6.45) is 2.13. The van der Waals surface area contributed by atoms with Gasteiger partial charge in [-0.1, -0.05) is 13.0 Å². The van der Waals surface area contributed by atoms with Crippen LogP contribution in [0.1, 0.15) is 19.0 Å². The predicted molar refractivity (Wildman–Crippen MR) is 56.9 cm³/mol. The lowest BCUT2D eigenvalue weighted by Gasteiger charge is -1.88. The molecule has 5 nitrogen and oxygen atoms in total. The van der Waals surface area contributed by atoms with Crippen molar-refractivity contribution in [2.24, 2.45) is 0 Å². The lowest BCUT2D eigenvalue weighted by atomic mass is 10.4. The number of hydrogen-bond acceptors (Lipinski definition) is 4. The van der Waals surface area contributed by atoms with Gasteiger partial charge >= 0.3 is 0 Å². The fraction of sp³-hybridized carbons (Fsp3) is 0.444. The molecule has 0 aromatic carbocycles. The van der Waals surface area contributed by atoms with Crippen molar-refractivity contribution in [1.29, 1.82) is 0 Å². The van der Waals surface area contributed by atoms with E-state index >= 15 is 0 Å². The first-order valence-electron chi connectivity index (χ1n) is 4.45. The molecule has 6 heteroatoms. The van der Waals surface area contributed by atoms with Crippen LogP contribution < -0.4 is 0 Å². The van der Waals surface area contributed by atoms with E-state index in [1.165, 1.54) is 0 Å². The third-order valence-corrected chi connectivity index (χ3v) is 2.27. The Hall–Kier alpha value is -0.980. The highest BCUT2D eigenvalue weighted by atomic mass is 32.2. The minimum absolute atomic E-state index is 0.0286. The Kier molecular flexibility index (Phi) is 6.85. The largest absolute Gasteiger partial charge is 0.390 e.